The lowest BCUT2D eigenvalue weighted by molar-refractivity contribution is -0.123. The number of aromatic nitrogens is 3. The fraction of sp³-hybridized carbons (Fsp3) is 0.400. The Morgan fingerprint density at radius 1 is 1.30 bits per heavy atom. The molecular weight excluding hydrogens is 344 g/mol. The van der Waals surface area contributed by atoms with Crippen LogP contribution in [0.2, 0.25) is 0 Å². The van der Waals surface area contributed by atoms with Crippen molar-refractivity contribution in [3.63, 3.8) is 0 Å². The molecule has 0 spiro atoms. The lowest BCUT2D eigenvalue weighted by atomic mass is 9.89. The maximum Gasteiger partial charge on any atom is 0.221 e. The van der Waals surface area contributed by atoms with Gasteiger partial charge in [0.15, 0.2) is 5.78 Å². The number of benzene rings is 1. The number of allylic oxidation sites excluding steroid dienone is 3. The van der Waals surface area contributed by atoms with E-state index in [0.717, 1.165) is 12.0 Å². The van der Waals surface area contributed by atoms with Gasteiger partial charge in [0.2, 0.25) is 5.91 Å². The molecule has 3 rings (SSSR count). The molecule has 1 aromatic carbocycles. The third-order valence-electron chi connectivity index (χ3n) is 4.38. The normalized spacial score (nSPS) is 15.4. The molecule has 0 fully saturated rings. The number of ketones is 1. The van der Waals surface area contributed by atoms with Crippen LogP contribution in [0.5, 0.6) is 0 Å². The first-order valence-corrected chi connectivity index (χ1v) is 8.97. The third-order valence-corrected chi connectivity index (χ3v) is 4.38. The zero-order valence-corrected chi connectivity index (χ0v) is 15.8. The zero-order chi connectivity index (χ0) is 19.6. The summed E-state index contributed by atoms with van der Waals surface area (Å²) in [5.41, 5.74) is 1.92. The predicted octanol–water partition coefficient (Wildman–Crippen LogP) is 3.05. The van der Waals surface area contributed by atoms with Crippen LogP contribution in [-0.4, -0.2) is 38.1 Å². The van der Waals surface area contributed by atoms with Crippen LogP contribution in [0.4, 0.5) is 0 Å². The summed E-state index contributed by atoms with van der Waals surface area (Å²) in [5.74, 6) is -0.381. The van der Waals surface area contributed by atoms with Gasteiger partial charge < -0.3 is 10.5 Å². The first-order valence-electron chi connectivity index (χ1n) is 8.97. The second-order valence-electron chi connectivity index (χ2n) is 7.97. The molecule has 0 bridgehead atoms. The van der Waals surface area contributed by atoms with Crippen molar-refractivity contribution in [1.29, 1.82) is 0 Å². The Hall–Kier alpha value is -2.96. The second-order valence-corrected chi connectivity index (χ2v) is 7.97. The summed E-state index contributed by atoms with van der Waals surface area (Å²) in [4.78, 5) is 26.4. The average Bonchev–Trinajstić information content (AvgIpc) is 2.99. The van der Waals surface area contributed by atoms with Crippen LogP contribution in [0, 0.1) is 5.41 Å². The summed E-state index contributed by atoms with van der Waals surface area (Å²) in [7, 11) is 0. The number of nitrogens with one attached hydrogen (secondary N) is 1. The minimum Gasteiger partial charge on any atom is -0.410 e. The highest BCUT2D eigenvalue weighted by Crippen LogP contribution is 2.23. The molecule has 7 nitrogen and oxygen atoms in total. The molecule has 1 amide bonds. The summed E-state index contributed by atoms with van der Waals surface area (Å²) < 4.78 is 0. The molecule has 0 saturated heterocycles. The highest BCUT2D eigenvalue weighted by atomic mass is 16.5. The molecule has 1 atom stereocenters. The molecule has 1 aromatic heterocycles. The number of carbonyl (C=O) groups excluding carboxylic acids is 2. The Morgan fingerprint density at radius 2 is 2.07 bits per heavy atom. The summed E-state index contributed by atoms with van der Waals surface area (Å²) in [6, 6.07) is 4.08. The summed E-state index contributed by atoms with van der Waals surface area (Å²) >= 11 is 0. The second kappa shape index (κ2) is 7.34. The Balaban J connectivity index is 1.90. The Bertz CT molecular complexity index is 934. The van der Waals surface area contributed by atoms with Gasteiger partial charge in [0, 0.05) is 12.0 Å². The van der Waals surface area contributed by atoms with E-state index in [1.54, 1.807) is 18.2 Å². The van der Waals surface area contributed by atoms with Gasteiger partial charge in [-0.3, -0.25) is 9.59 Å². The summed E-state index contributed by atoms with van der Waals surface area (Å²) in [6.45, 7) is 5.94. The van der Waals surface area contributed by atoms with Crippen molar-refractivity contribution < 1.29 is 14.8 Å². The number of hydrogen-bond donors (Lipinski definition) is 2. The van der Waals surface area contributed by atoms with E-state index in [-0.39, 0.29) is 17.1 Å². The Morgan fingerprint density at radius 3 is 2.74 bits per heavy atom. The van der Waals surface area contributed by atoms with E-state index in [2.05, 4.69) is 15.6 Å². The van der Waals surface area contributed by atoms with Crippen molar-refractivity contribution in [2.75, 3.05) is 0 Å². The number of fused-ring (bicyclic) bond motifs is 1. The molecule has 7 heteroatoms. The molecule has 1 aliphatic rings. The van der Waals surface area contributed by atoms with Crippen LogP contribution < -0.4 is 5.32 Å². The molecule has 27 heavy (non-hydrogen) atoms. The molecule has 1 aliphatic carbocycles. The molecule has 2 N–H and O–H groups in total. The van der Waals surface area contributed by atoms with E-state index in [1.807, 2.05) is 39.0 Å². The molecule has 142 valence electrons. The first-order chi connectivity index (χ1) is 12.7. The average molecular weight is 368 g/mol. The highest BCUT2D eigenvalue weighted by molar-refractivity contribution is 6.05. The molecule has 0 aliphatic heterocycles. The van der Waals surface area contributed by atoms with Crippen LogP contribution in [0.25, 0.3) is 11.0 Å². The van der Waals surface area contributed by atoms with Gasteiger partial charge in [-0.2, -0.15) is 0 Å². The summed E-state index contributed by atoms with van der Waals surface area (Å²) in [6.07, 6.45) is 7.70. The van der Waals surface area contributed by atoms with Crippen LogP contribution in [0.1, 0.15) is 50.4 Å². The van der Waals surface area contributed by atoms with Gasteiger partial charge in [-0.1, -0.05) is 43.8 Å². The largest absolute Gasteiger partial charge is 0.410 e. The number of Topliss-reactive ketones (excluding diaryl/α,β-unsaturated/α-hetero) is 1. The molecule has 0 unspecified atom stereocenters. The maximum absolute atomic E-state index is 13.2. The van der Waals surface area contributed by atoms with E-state index in [4.69, 9.17) is 0 Å². The van der Waals surface area contributed by atoms with Crippen LogP contribution in [0.15, 0.2) is 42.0 Å². The monoisotopic (exact) mass is 368 g/mol. The van der Waals surface area contributed by atoms with Gasteiger partial charge in [-0.15, -0.1) is 5.10 Å². The van der Waals surface area contributed by atoms with Crippen molar-refractivity contribution >= 4 is 22.7 Å². The fourth-order valence-corrected chi connectivity index (χ4v) is 3.10. The van der Waals surface area contributed by atoms with E-state index >= 15 is 0 Å². The van der Waals surface area contributed by atoms with Crippen molar-refractivity contribution in [2.45, 2.75) is 46.1 Å². The predicted molar refractivity (Wildman–Crippen MR) is 102 cm³/mol. The minimum absolute atomic E-state index is 0.161. The van der Waals surface area contributed by atoms with Crippen LogP contribution >= 0.6 is 0 Å². The number of nitrogens with zero attached hydrogens (tertiary/aromatic N) is 3. The number of amides is 1. The molecular formula is C20H24N4O3. The third kappa shape index (κ3) is 4.42. The first kappa shape index (κ1) is 18.8. The zero-order valence-electron chi connectivity index (χ0n) is 15.8. The Labute approximate surface area is 157 Å². The minimum atomic E-state index is -0.731. The van der Waals surface area contributed by atoms with E-state index in [9.17, 15) is 14.8 Å². The van der Waals surface area contributed by atoms with E-state index < -0.39 is 6.04 Å². The number of hydrogen-bond acceptors (Lipinski definition) is 5. The smallest absolute Gasteiger partial charge is 0.221 e. The van der Waals surface area contributed by atoms with Crippen molar-refractivity contribution in [1.82, 2.24) is 20.5 Å². The summed E-state index contributed by atoms with van der Waals surface area (Å²) in [5, 5.41) is 20.0. The van der Waals surface area contributed by atoms with Gasteiger partial charge in [0.05, 0.1) is 0 Å². The number of rotatable bonds is 5. The standard InChI is InChI=1S/C20H24N4O3/c1-20(2,3)12-17(25)21-18(13-7-5-4-6-8-13)19(26)14-9-10-15-16(11-14)24(27)23-22-15/h4-5,8-11,18,27H,6-7,12H2,1-3H3,(H,21,25)/t18-/m1/s1. The van der Waals surface area contributed by atoms with Crippen molar-refractivity contribution in [3.8, 4) is 0 Å². The van der Waals surface area contributed by atoms with Gasteiger partial charge in [0.25, 0.3) is 0 Å². The molecule has 0 radical (unpaired) electrons. The molecule has 2 aromatic rings. The number of carbonyl (C=O) groups is 2. The van der Waals surface area contributed by atoms with E-state index in [1.165, 1.54) is 0 Å². The van der Waals surface area contributed by atoms with E-state index in [0.29, 0.717) is 34.3 Å². The SMILES string of the molecule is CC(C)(C)CC(=O)N[C@@H](C(=O)c1ccc2nnn(O)c2c1)C1=CCC=CC1. The topological polar surface area (TPSA) is 97.1 Å². The van der Waals surface area contributed by atoms with Gasteiger partial charge >= 0.3 is 0 Å². The quantitative estimate of drug-likeness (QED) is 0.480. The van der Waals surface area contributed by atoms with Crippen LogP contribution in [0.3, 0.4) is 0 Å². The lowest BCUT2D eigenvalue weighted by Gasteiger charge is -2.24. The van der Waals surface area contributed by atoms with Gasteiger partial charge in [-0.25, -0.2) is 0 Å². The highest BCUT2D eigenvalue weighted by Gasteiger charge is 2.28. The molecule has 0 saturated carbocycles. The van der Waals surface area contributed by atoms with Gasteiger partial charge in [0.1, 0.15) is 17.1 Å². The van der Waals surface area contributed by atoms with Gasteiger partial charge in [-0.05, 0) is 47.2 Å². The Kier molecular flexibility index (Phi) is 5.12. The van der Waals surface area contributed by atoms with Crippen molar-refractivity contribution in [2.24, 2.45) is 5.41 Å². The lowest BCUT2D eigenvalue weighted by Crippen LogP contribution is -2.43. The van der Waals surface area contributed by atoms with Crippen LogP contribution in [-0.2, 0) is 4.79 Å². The maximum atomic E-state index is 13.2. The van der Waals surface area contributed by atoms with Crippen molar-refractivity contribution in [3.05, 3.63) is 47.6 Å². The fourth-order valence-electron chi connectivity index (χ4n) is 3.10. The molecule has 1 heterocycles.